The van der Waals surface area contributed by atoms with Crippen molar-refractivity contribution in [2.45, 2.75) is 18.9 Å². The summed E-state index contributed by atoms with van der Waals surface area (Å²) < 4.78 is 0. The minimum absolute atomic E-state index is 0.128. The number of amides is 1. The Hall–Kier alpha value is -2.00. The monoisotopic (exact) mass is 286 g/mol. The van der Waals surface area contributed by atoms with Gasteiger partial charge in [-0.2, -0.15) is 0 Å². The highest BCUT2D eigenvalue weighted by Gasteiger charge is 2.22. The van der Waals surface area contributed by atoms with Gasteiger partial charge in [-0.3, -0.25) is 4.79 Å². The van der Waals surface area contributed by atoms with Gasteiger partial charge in [-0.25, -0.2) is 0 Å². The second-order valence-corrected chi connectivity index (χ2v) is 5.56. The molecule has 1 aliphatic carbocycles. The van der Waals surface area contributed by atoms with Crippen LogP contribution in [-0.2, 0) is 12.8 Å². The first kappa shape index (κ1) is 13.0. The molecule has 0 saturated carbocycles. The summed E-state index contributed by atoms with van der Waals surface area (Å²) in [6.07, 6.45) is 1.75. The number of carbonyl (C=O) groups is 1. The molecule has 0 atom stereocenters. The average Bonchev–Trinajstić information content (AvgIpc) is 2.79. The molecule has 0 spiro atoms. The first-order valence-corrected chi connectivity index (χ1v) is 6.93. The van der Waals surface area contributed by atoms with Gasteiger partial charge >= 0.3 is 0 Å². The van der Waals surface area contributed by atoms with Crippen molar-refractivity contribution >= 4 is 23.2 Å². The maximum Gasteiger partial charge on any atom is 0.251 e. The van der Waals surface area contributed by atoms with Gasteiger partial charge in [-0.1, -0.05) is 35.9 Å². The van der Waals surface area contributed by atoms with Gasteiger partial charge in [0.25, 0.3) is 5.91 Å². The minimum atomic E-state index is -0.128. The number of carbonyl (C=O) groups excluding carboxylic acids is 1. The summed E-state index contributed by atoms with van der Waals surface area (Å²) in [7, 11) is 0. The van der Waals surface area contributed by atoms with E-state index in [2.05, 4.69) is 17.4 Å². The molecule has 0 unspecified atom stereocenters. The molecule has 2 aromatic carbocycles. The maximum atomic E-state index is 12.2. The highest BCUT2D eigenvalue weighted by atomic mass is 35.5. The molecule has 0 aliphatic heterocycles. The van der Waals surface area contributed by atoms with Gasteiger partial charge in [0.05, 0.1) is 0 Å². The predicted molar refractivity (Wildman–Crippen MR) is 81.0 cm³/mol. The Labute approximate surface area is 122 Å². The number of hydrogen-bond donors (Lipinski definition) is 2. The molecule has 102 valence electrons. The summed E-state index contributed by atoms with van der Waals surface area (Å²) in [5, 5.41) is 3.52. The predicted octanol–water partition coefficient (Wildman–Crippen LogP) is 2.82. The number of fused-ring (bicyclic) bond motifs is 1. The summed E-state index contributed by atoms with van der Waals surface area (Å²) in [6.45, 7) is 0. The van der Waals surface area contributed by atoms with E-state index >= 15 is 0 Å². The van der Waals surface area contributed by atoms with Crippen LogP contribution in [0.5, 0.6) is 0 Å². The van der Waals surface area contributed by atoms with Crippen LogP contribution in [0.25, 0.3) is 0 Å². The Morgan fingerprint density at radius 2 is 1.80 bits per heavy atom. The van der Waals surface area contributed by atoms with Gasteiger partial charge in [0, 0.05) is 22.3 Å². The van der Waals surface area contributed by atoms with E-state index in [1.165, 1.54) is 11.1 Å². The first-order chi connectivity index (χ1) is 9.61. The van der Waals surface area contributed by atoms with Crippen LogP contribution in [0.4, 0.5) is 5.69 Å². The fourth-order valence-corrected chi connectivity index (χ4v) is 2.92. The molecule has 0 fully saturated rings. The molecule has 1 aliphatic rings. The summed E-state index contributed by atoms with van der Waals surface area (Å²) in [5.41, 5.74) is 9.33. The Morgan fingerprint density at radius 3 is 2.40 bits per heavy atom. The van der Waals surface area contributed by atoms with Crippen molar-refractivity contribution in [1.29, 1.82) is 0 Å². The summed E-state index contributed by atoms with van der Waals surface area (Å²) in [5.74, 6) is -0.128. The zero-order chi connectivity index (χ0) is 14.1. The van der Waals surface area contributed by atoms with Crippen molar-refractivity contribution in [3.63, 3.8) is 0 Å². The zero-order valence-electron chi connectivity index (χ0n) is 10.9. The van der Waals surface area contributed by atoms with Gasteiger partial charge in [-0.15, -0.1) is 0 Å². The van der Waals surface area contributed by atoms with Gasteiger partial charge in [0.15, 0.2) is 0 Å². The standard InChI is InChI=1S/C16H15ClN2O/c17-13-5-12(6-14(18)9-13)16(20)19-15-7-10-3-1-2-4-11(10)8-15/h1-6,9,15H,7-8,18H2,(H,19,20). The summed E-state index contributed by atoms with van der Waals surface area (Å²) in [4.78, 5) is 12.2. The molecule has 0 radical (unpaired) electrons. The second-order valence-electron chi connectivity index (χ2n) is 5.12. The number of halogens is 1. The van der Waals surface area contributed by atoms with Crippen LogP contribution in [0.3, 0.4) is 0 Å². The molecule has 3 nitrogen and oxygen atoms in total. The Bertz CT molecular complexity index is 624. The van der Waals surface area contributed by atoms with E-state index in [-0.39, 0.29) is 11.9 Å². The van der Waals surface area contributed by atoms with E-state index in [0.717, 1.165) is 12.8 Å². The lowest BCUT2D eigenvalue weighted by atomic mass is 10.1. The molecule has 20 heavy (non-hydrogen) atoms. The topological polar surface area (TPSA) is 55.1 Å². The first-order valence-electron chi connectivity index (χ1n) is 6.55. The lowest BCUT2D eigenvalue weighted by Gasteiger charge is -2.12. The fraction of sp³-hybridized carbons (Fsp3) is 0.188. The number of anilines is 1. The number of benzene rings is 2. The number of nitrogens with one attached hydrogen (secondary N) is 1. The molecule has 1 amide bonds. The molecule has 0 bridgehead atoms. The molecule has 4 heteroatoms. The number of nitrogen functional groups attached to an aromatic ring is 1. The lowest BCUT2D eigenvalue weighted by molar-refractivity contribution is 0.0938. The van der Waals surface area contributed by atoms with Crippen LogP contribution in [0.1, 0.15) is 21.5 Å². The Kier molecular flexibility index (Phi) is 3.36. The molecule has 0 heterocycles. The third-order valence-electron chi connectivity index (χ3n) is 3.57. The maximum absolute atomic E-state index is 12.2. The van der Waals surface area contributed by atoms with E-state index < -0.39 is 0 Å². The smallest absolute Gasteiger partial charge is 0.251 e. The molecular weight excluding hydrogens is 272 g/mol. The fourth-order valence-electron chi connectivity index (χ4n) is 2.67. The van der Waals surface area contributed by atoms with Crippen molar-refractivity contribution in [3.05, 3.63) is 64.2 Å². The van der Waals surface area contributed by atoms with E-state index in [9.17, 15) is 4.79 Å². The molecule has 0 saturated heterocycles. The van der Waals surface area contributed by atoms with Gasteiger partial charge in [-0.05, 0) is 42.2 Å². The lowest BCUT2D eigenvalue weighted by Crippen LogP contribution is -2.35. The highest BCUT2D eigenvalue weighted by molar-refractivity contribution is 6.31. The molecular formula is C16H15ClN2O. The van der Waals surface area contributed by atoms with Crippen molar-refractivity contribution < 1.29 is 4.79 Å². The highest BCUT2D eigenvalue weighted by Crippen LogP contribution is 2.22. The third kappa shape index (κ3) is 2.63. The van der Waals surface area contributed by atoms with Crippen molar-refractivity contribution in [2.75, 3.05) is 5.73 Å². The van der Waals surface area contributed by atoms with Crippen LogP contribution >= 0.6 is 11.6 Å². The Morgan fingerprint density at radius 1 is 1.15 bits per heavy atom. The van der Waals surface area contributed by atoms with Crippen LogP contribution in [0, 0.1) is 0 Å². The largest absolute Gasteiger partial charge is 0.399 e. The molecule has 0 aromatic heterocycles. The van der Waals surface area contributed by atoms with Gasteiger partial charge in [0.2, 0.25) is 0 Å². The van der Waals surface area contributed by atoms with Crippen LogP contribution in [0.15, 0.2) is 42.5 Å². The number of hydrogen-bond acceptors (Lipinski definition) is 2. The van der Waals surface area contributed by atoms with Gasteiger partial charge < -0.3 is 11.1 Å². The molecule has 3 rings (SSSR count). The van der Waals surface area contributed by atoms with E-state index in [1.807, 2.05) is 12.1 Å². The number of rotatable bonds is 2. The number of nitrogens with two attached hydrogens (primary N) is 1. The summed E-state index contributed by atoms with van der Waals surface area (Å²) >= 11 is 5.92. The van der Waals surface area contributed by atoms with Crippen LogP contribution in [-0.4, -0.2) is 11.9 Å². The van der Waals surface area contributed by atoms with E-state index in [0.29, 0.717) is 16.3 Å². The third-order valence-corrected chi connectivity index (χ3v) is 3.79. The average molecular weight is 287 g/mol. The Balaban J connectivity index is 1.72. The molecule has 2 aromatic rings. The SMILES string of the molecule is Nc1cc(Cl)cc(C(=O)NC2Cc3ccccc3C2)c1. The summed E-state index contributed by atoms with van der Waals surface area (Å²) in [6, 6.07) is 13.3. The van der Waals surface area contributed by atoms with E-state index in [1.54, 1.807) is 18.2 Å². The zero-order valence-corrected chi connectivity index (χ0v) is 11.7. The normalized spacial score (nSPS) is 14.1. The van der Waals surface area contributed by atoms with Crippen molar-refractivity contribution in [1.82, 2.24) is 5.32 Å². The van der Waals surface area contributed by atoms with Crippen LogP contribution in [0.2, 0.25) is 5.02 Å². The second kappa shape index (κ2) is 5.17. The van der Waals surface area contributed by atoms with Crippen LogP contribution < -0.4 is 11.1 Å². The molecule has 3 N–H and O–H groups in total. The quantitative estimate of drug-likeness (QED) is 0.834. The van der Waals surface area contributed by atoms with Crippen molar-refractivity contribution in [2.24, 2.45) is 0 Å². The van der Waals surface area contributed by atoms with E-state index in [4.69, 9.17) is 17.3 Å². The minimum Gasteiger partial charge on any atom is -0.399 e. The van der Waals surface area contributed by atoms with Gasteiger partial charge in [0.1, 0.15) is 0 Å². The van der Waals surface area contributed by atoms with Crippen molar-refractivity contribution in [3.8, 4) is 0 Å².